The Morgan fingerprint density at radius 3 is 2.59 bits per heavy atom. The number of anilines is 1. The molecule has 0 fully saturated rings. The number of carbonyl (C=O) groups excluding carboxylic acids is 1. The highest BCUT2D eigenvalue weighted by atomic mass is 35.5. The van der Waals surface area contributed by atoms with Crippen molar-refractivity contribution >= 4 is 46.4 Å². The molecule has 22 heavy (non-hydrogen) atoms. The summed E-state index contributed by atoms with van der Waals surface area (Å²) in [6, 6.07) is 11.4. The van der Waals surface area contributed by atoms with Crippen molar-refractivity contribution in [2.24, 2.45) is 0 Å². The standard InChI is InChI=1S/C15H9Cl3N2O2/c16-11-5-13(18)14(6-12(11)17)20-15(21)8-22-10-3-1-2-9(4-10)7-19/h1-6H,8H2,(H,20,21). The van der Waals surface area contributed by atoms with Crippen molar-refractivity contribution in [2.75, 3.05) is 11.9 Å². The van der Waals surface area contributed by atoms with Crippen molar-refractivity contribution in [3.8, 4) is 11.8 Å². The molecule has 0 heterocycles. The first-order valence-corrected chi connectivity index (χ1v) is 7.20. The molecule has 7 heteroatoms. The highest BCUT2D eigenvalue weighted by Gasteiger charge is 2.10. The molecule has 2 aromatic rings. The second-order valence-electron chi connectivity index (χ2n) is 4.22. The van der Waals surface area contributed by atoms with Crippen molar-refractivity contribution in [1.82, 2.24) is 0 Å². The summed E-state index contributed by atoms with van der Waals surface area (Å²) in [6.45, 7) is -0.231. The van der Waals surface area contributed by atoms with Crippen LogP contribution in [-0.4, -0.2) is 12.5 Å². The van der Waals surface area contributed by atoms with Crippen molar-refractivity contribution < 1.29 is 9.53 Å². The predicted molar refractivity (Wildman–Crippen MR) is 86.8 cm³/mol. The van der Waals surface area contributed by atoms with Crippen molar-refractivity contribution in [3.63, 3.8) is 0 Å². The molecule has 1 N–H and O–H groups in total. The normalized spacial score (nSPS) is 9.91. The molecule has 0 aliphatic heterocycles. The molecule has 1 amide bonds. The van der Waals surface area contributed by atoms with Gasteiger partial charge in [-0.05, 0) is 30.3 Å². The Morgan fingerprint density at radius 1 is 1.14 bits per heavy atom. The van der Waals surface area contributed by atoms with E-state index in [1.807, 2.05) is 6.07 Å². The van der Waals surface area contributed by atoms with Crippen LogP contribution in [0, 0.1) is 11.3 Å². The Morgan fingerprint density at radius 2 is 1.86 bits per heavy atom. The number of ether oxygens (including phenoxy) is 1. The SMILES string of the molecule is N#Cc1cccc(OCC(=O)Nc2cc(Cl)c(Cl)cc2Cl)c1. The monoisotopic (exact) mass is 354 g/mol. The van der Waals surface area contributed by atoms with E-state index in [9.17, 15) is 4.79 Å². The summed E-state index contributed by atoms with van der Waals surface area (Å²) in [5.41, 5.74) is 0.792. The van der Waals surface area contributed by atoms with Crippen LogP contribution in [0.25, 0.3) is 0 Å². The topological polar surface area (TPSA) is 62.1 Å². The van der Waals surface area contributed by atoms with Gasteiger partial charge in [0.2, 0.25) is 0 Å². The number of amides is 1. The van der Waals surface area contributed by atoms with Gasteiger partial charge in [-0.25, -0.2) is 0 Å². The number of hydrogen-bond donors (Lipinski definition) is 1. The van der Waals surface area contributed by atoms with Crippen LogP contribution in [0.3, 0.4) is 0 Å². The predicted octanol–water partition coefficient (Wildman–Crippen LogP) is 4.54. The van der Waals surface area contributed by atoms with Gasteiger partial charge < -0.3 is 10.1 Å². The molecule has 0 spiro atoms. The van der Waals surface area contributed by atoms with E-state index in [1.165, 1.54) is 12.1 Å². The summed E-state index contributed by atoms with van der Waals surface area (Å²) in [5.74, 6) is 0.0112. The van der Waals surface area contributed by atoms with E-state index in [4.69, 9.17) is 44.8 Å². The van der Waals surface area contributed by atoms with E-state index in [2.05, 4.69) is 5.32 Å². The van der Waals surface area contributed by atoms with Crippen LogP contribution in [0.2, 0.25) is 15.1 Å². The Labute approximate surface area is 142 Å². The number of nitriles is 1. The maximum absolute atomic E-state index is 11.9. The van der Waals surface area contributed by atoms with Crippen LogP contribution in [0.4, 0.5) is 5.69 Å². The third-order valence-electron chi connectivity index (χ3n) is 2.62. The molecular weight excluding hydrogens is 347 g/mol. The van der Waals surface area contributed by atoms with Crippen LogP contribution in [0.15, 0.2) is 36.4 Å². The molecule has 0 aromatic heterocycles. The molecule has 4 nitrogen and oxygen atoms in total. The molecule has 0 radical (unpaired) electrons. The first-order chi connectivity index (χ1) is 10.5. The zero-order valence-corrected chi connectivity index (χ0v) is 13.3. The number of carbonyl (C=O) groups is 1. The summed E-state index contributed by atoms with van der Waals surface area (Å²) in [7, 11) is 0. The molecule has 0 aliphatic rings. The average molecular weight is 356 g/mol. The summed E-state index contributed by atoms with van der Waals surface area (Å²) in [5, 5.41) is 12.2. The van der Waals surface area contributed by atoms with Gasteiger partial charge in [0.25, 0.3) is 5.91 Å². The van der Waals surface area contributed by atoms with E-state index in [0.29, 0.717) is 22.0 Å². The Balaban J connectivity index is 1.99. The minimum atomic E-state index is -0.414. The minimum absolute atomic E-state index is 0.231. The molecule has 0 aliphatic carbocycles. The van der Waals surface area contributed by atoms with E-state index in [-0.39, 0.29) is 16.7 Å². The number of nitrogens with one attached hydrogen (secondary N) is 1. The first-order valence-electron chi connectivity index (χ1n) is 6.07. The van der Waals surface area contributed by atoms with Gasteiger partial charge in [-0.15, -0.1) is 0 Å². The minimum Gasteiger partial charge on any atom is -0.484 e. The van der Waals surface area contributed by atoms with Crippen LogP contribution >= 0.6 is 34.8 Å². The Hall–Kier alpha value is -1.93. The van der Waals surface area contributed by atoms with Gasteiger partial charge in [0.05, 0.1) is 32.4 Å². The van der Waals surface area contributed by atoms with E-state index >= 15 is 0 Å². The van der Waals surface area contributed by atoms with Crippen LogP contribution in [0.5, 0.6) is 5.75 Å². The average Bonchev–Trinajstić information content (AvgIpc) is 2.51. The van der Waals surface area contributed by atoms with Crippen molar-refractivity contribution in [2.45, 2.75) is 0 Å². The van der Waals surface area contributed by atoms with Crippen molar-refractivity contribution in [3.05, 3.63) is 57.0 Å². The van der Waals surface area contributed by atoms with Gasteiger partial charge in [-0.3, -0.25) is 4.79 Å². The number of halogens is 3. The highest BCUT2D eigenvalue weighted by molar-refractivity contribution is 6.44. The summed E-state index contributed by atoms with van der Waals surface area (Å²) in [4.78, 5) is 11.9. The Bertz CT molecular complexity index is 757. The first kappa shape index (κ1) is 16.4. The molecule has 112 valence electrons. The van der Waals surface area contributed by atoms with E-state index < -0.39 is 5.91 Å². The van der Waals surface area contributed by atoms with Gasteiger partial charge in [0, 0.05) is 0 Å². The fourth-order valence-electron chi connectivity index (χ4n) is 1.61. The summed E-state index contributed by atoms with van der Waals surface area (Å²) >= 11 is 17.7. The maximum atomic E-state index is 11.9. The third-order valence-corrected chi connectivity index (χ3v) is 3.65. The molecule has 0 unspecified atom stereocenters. The lowest BCUT2D eigenvalue weighted by atomic mass is 10.2. The summed E-state index contributed by atoms with van der Waals surface area (Å²) < 4.78 is 5.31. The quantitative estimate of drug-likeness (QED) is 0.819. The third kappa shape index (κ3) is 4.28. The summed E-state index contributed by atoms with van der Waals surface area (Å²) in [6.07, 6.45) is 0. The van der Waals surface area contributed by atoms with E-state index in [0.717, 1.165) is 0 Å². The second kappa shape index (κ2) is 7.37. The van der Waals surface area contributed by atoms with Gasteiger partial charge in [-0.1, -0.05) is 40.9 Å². The van der Waals surface area contributed by atoms with Gasteiger partial charge >= 0.3 is 0 Å². The number of nitrogens with zero attached hydrogens (tertiary/aromatic N) is 1. The highest BCUT2D eigenvalue weighted by Crippen LogP contribution is 2.32. The smallest absolute Gasteiger partial charge is 0.262 e. The molecule has 2 rings (SSSR count). The zero-order chi connectivity index (χ0) is 16.1. The lowest BCUT2D eigenvalue weighted by molar-refractivity contribution is -0.118. The molecule has 0 bridgehead atoms. The van der Waals surface area contributed by atoms with Crippen LogP contribution in [-0.2, 0) is 4.79 Å². The zero-order valence-electron chi connectivity index (χ0n) is 11.1. The van der Waals surface area contributed by atoms with Gasteiger partial charge in [0.1, 0.15) is 5.75 Å². The lowest BCUT2D eigenvalue weighted by Crippen LogP contribution is -2.20. The van der Waals surface area contributed by atoms with Gasteiger partial charge in [0.15, 0.2) is 6.61 Å². The number of rotatable bonds is 4. The lowest BCUT2D eigenvalue weighted by Gasteiger charge is -2.10. The molecule has 0 saturated carbocycles. The molecular formula is C15H9Cl3N2O2. The largest absolute Gasteiger partial charge is 0.484 e. The number of hydrogen-bond acceptors (Lipinski definition) is 3. The Kier molecular flexibility index (Phi) is 5.51. The van der Waals surface area contributed by atoms with E-state index in [1.54, 1.807) is 24.3 Å². The molecule has 0 atom stereocenters. The molecule has 2 aromatic carbocycles. The van der Waals surface area contributed by atoms with Gasteiger partial charge in [-0.2, -0.15) is 5.26 Å². The second-order valence-corrected chi connectivity index (χ2v) is 5.44. The fraction of sp³-hybridized carbons (Fsp3) is 0.0667. The van der Waals surface area contributed by atoms with Crippen LogP contribution < -0.4 is 10.1 Å². The fourth-order valence-corrected chi connectivity index (χ4v) is 2.20. The number of benzene rings is 2. The van der Waals surface area contributed by atoms with Crippen molar-refractivity contribution in [1.29, 1.82) is 5.26 Å². The van der Waals surface area contributed by atoms with Crippen LogP contribution in [0.1, 0.15) is 5.56 Å². The maximum Gasteiger partial charge on any atom is 0.262 e. The molecule has 0 saturated heterocycles.